The summed E-state index contributed by atoms with van der Waals surface area (Å²) in [5.74, 6) is 0.533. The van der Waals surface area contributed by atoms with Crippen molar-refractivity contribution in [3.63, 3.8) is 0 Å². The number of carbonyl (C=O) groups excluding carboxylic acids is 1. The molecule has 0 aliphatic rings. The molecule has 0 aliphatic heterocycles. The van der Waals surface area contributed by atoms with Gasteiger partial charge in [0.05, 0.1) is 11.6 Å². The van der Waals surface area contributed by atoms with Crippen molar-refractivity contribution in [1.29, 1.82) is 0 Å². The topological polar surface area (TPSA) is 74.0 Å². The van der Waals surface area contributed by atoms with Crippen molar-refractivity contribution >= 4 is 34.9 Å². The summed E-state index contributed by atoms with van der Waals surface area (Å²) in [7, 11) is 0. The zero-order valence-electron chi connectivity index (χ0n) is 16.6. The van der Waals surface area contributed by atoms with Gasteiger partial charge in [-0.25, -0.2) is 4.68 Å². The van der Waals surface area contributed by atoms with E-state index in [0.717, 1.165) is 0 Å². The number of carbonyl (C=O) groups is 1. The highest BCUT2D eigenvalue weighted by molar-refractivity contribution is 6.42. The summed E-state index contributed by atoms with van der Waals surface area (Å²) in [6.07, 6.45) is 3.47. The highest BCUT2D eigenvalue weighted by Crippen LogP contribution is 2.31. The van der Waals surface area contributed by atoms with Crippen LogP contribution in [-0.4, -0.2) is 25.5 Å². The molecule has 0 fully saturated rings. The monoisotopic (exact) mass is 455 g/mol. The molecule has 1 amide bonds. The maximum Gasteiger partial charge on any atom is 0.277 e. The Morgan fingerprint density at radius 2 is 1.81 bits per heavy atom. The second kappa shape index (κ2) is 9.24. The molecule has 7 nitrogen and oxygen atoms in total. The van der Waals surface area contributed by atoms with Gasteiger partial charge in [0.2, 0.25) is 0 Å². The van der Waals surface area contributed by atoms with Crippen LogP contribution in [0.4, 0.5) is 5.82 Å². The number of rotatable bonds is 7. The van der Waals surface area contributed by atoms with Crippen molar-refractivity contribution in [2.45, 2.75) is 20.2 Å². The average Bonchev–Trinajstić information content (AvgIpc) is 3.40. The van der Waals surface area contributed by atoms with E-state index in [1.165, 1.54) is 15.8 Å². The van der Waals surface area contributed by atoms with Crippen molar-refractivity contribution in [2.24, 2.45) is 0 Å². The molecule has 0 saturated heterocycles. The Balaban J connectivity index is 1.35. The SMILES string of the molecule is Cc1ccccc1Cn1ccc(NC(=O)c2ccn(COc3cccc(Cl)c3Cl)n2)n1. The fourth-order valence-corrected chi connectivity index (χ4v) is 3.29. The van der Waals surface area contributed by atoms with Gasteiger partial charge >= 0.3 is 0 Å². The zero-order valence-corrected chi connectivity index (χ0v) is 18.1. The molecule has 0 aliphatic carbocycles. The highest BCUT2D eigenvalue weighted by atomic mass is 35.5. The Bertz CT molecular complexity index is 1220. The van der Waals surface area contributed by atoms with Crippen LogP contribution < -0.4 is 10.1 Å². The number of hydrogen-bond acceptors (Lipinski definition) is 4. The van der Waals surface area contributed by atoms with E-state index < -0.39 is 0 Å². The lowest BCUT2D eigenvalue weighted by Gasteiger charge is -2.08. The first-order valence-corrected chi connectivity index (χ1v) is 10.2. The van der Waals surface area contributed by atoms with Crippen molar-refractivity contribution < 1.29 is 9.53 Å². The molecule has 2 heterocycles. The van der Waals surface area contributed by atoms with E-state index in [4.69, 9.17) is 27.9 Å². The van der Waals surface area contributed by atoms with Crippen LogP contribution in [0.1, 0.15) is 21.6 Å². The molecular formula is C22H19Cl2N5O2. The number of anilines is 1. The number of aryl methyl sites for hydroxylation is 1. The van der Waals surface area contributed by atoms with Gasteiger partial charge in [0.15, 0.2) is 18.2 Å². The maximum absolute atomic E-state index is 12.5. The first kappa shape index (κ1) is 21.0. The Morgan fingerprint density at radius 3 is 2.65 bits per heavy atom. The second-order valence-corrected chi connectivity index (χ2v) is 7.63. The van der Waals surface area contributed by atoms with Gasteiger partial charge in [-0.05, 0) is 36.2 Å². The van der Waals surface area contributed by atoms with Gasteiger partial charge in [-0.2, -0.15) is 10.2 Å². The molecule has 0 unspecified atom stereocenters. The lowest BCUT2D eigenvalue weighted by Crippen LogP contribution is -2.15. The van der Waals surface area contributed by atoms with Crippen LogP contribution in [0, 0.1) is 6.92 Å². The smallest absolute Gasteiger partial charge is 0.277 e. The fourth-order valence-electron chi connectivity index (χ4n) is 2.94. The third kappa shape index (κ3) is 5.07. The standard InChI is InChI=1S/C22H19Cl2N5O2/c1-15-5-2-3-6-16(15)13-28-12-10-20(27-28)25-22(30)18-9-11-29(26-18)14-31-19-8-4-7-17(23)21(19)24/h2-12H,13-14H2,1H3,(H,25,27,30). The van der Waals surface area contributed by atoms with Gasteiger partial charge in [0, 0.05) is 18.5 Å². The minimum Gasteiger partial charge on any atom is -0.470 e. The van der Waals surface area contributed by atoms with E-state index in [-0.39, 0.29) is 18.3 Å². The van der Waals surface area contributed by atoms with Gasteiger partial charge in [0.25, 0.3) is 5.91 Å². The average molecular weight is 456 g/mol. The summed E-state index contributed by atoms with van der Waals surface area (Å²) in [5.41, 5.74) is 2.60. The number of hydrogen-bond donors (Lipinski definition) is 1. The molecule has 2 aromatic carbocycles. The second-order valence-electron chi connectivity index (χ2n) is 6.85. The van der Waals surface area contributed by atoms with E-state index in [1.54, 1.807) is 41.2 Å². The van der Waals surface area contributed by atoms with Gasteiger partial charge < -0.3 is 10.1 Å². The van der Waals surface area contributed by atoms with Crippen molar-refractivity contribution in [2.75, 3.05) is 5.32 Å². The molecular weight excluding hydrogens is 437 g/mol. The van der Waals surface area contributed by atoms with E-state index in [9.17, 15) is 4.79 Å². The number of benzene rings is 2. The van der Waals surface area contributed by atoms with Crippen LogP contribution >= 0.6 is 23.2 Å². The van der Waals surface area contributed by atoms with E-state index in [0.29, 0.717) is 28.2 Å². The molecule has 9 heteroatoms. The number of nitrogens with zero attached hydrogens (tertiary/aromatic N) is 4. The van der Waals surface area contributed by atoms with Crippen LogP contribution in [0.3, 0.4) is 0 Å². The molecule has 1 N–H and O–H groups in total. The summed E-state index contributed by atoms with van der Waals surface area (Å²) in [6.45, 7) is 2.76. The molecule has 4 aromatic rings. The minimum atomic E-state index is -0.360. The van der Waals surface area contributed by atoms with Gasteiger partial charge in [-0.1, -0.05) is 53.5 Å². The quantitative estimate of drug-likeness (QED) is 0.423. The summed E-state index contributed by atoms with van der Waals surface area (Å²) < 4.78 is 8.89. The summed E-state index contributed by atoms with van der Waals surface area (Å²) in [5, 5.41) is 12.1. The Morgan fingerprint density at radius 1 is 1.00 bits per heavy atom. The van der Waals surface area contributed by atoms with Crippen LogP contribution in [0.15, 0.2) is 67.0 Å². The van der Waals surface area contributed by atoms with Crippen molar-refractivity contribution in [1.82, 2.24) is 19.6 Å². The van der Waals surface area contributed by atoms with E-state index in [1.807, 2.05) is 18.3 Å². The molecule has 0 bridgehead atoms. The molecule has 0 saturated carbocycles. The van der Waals surface area contributed by atoms with Crippen molar-refractivity contribution in [3.8, 4) is 5.75 Å². The molecule has 4 rings (SSSR count). The first-order chi connectivity index (χ1) is 15.0. The Labute approximate surface area is 189 Å². The van der Waals surface area contributed by atoms with Gasteiger partial charge in [-0.3, -0.25) is 9.48 Å². The highest BCUT2D eigenvalue weighted by Gasteiger charge is 2.12. The molecule has 0 radical (unpaired) electrons. The first-order valence-electron chi connectivity index (χ1n) is 9.49. The third-order valence-corrected chi connectivity index (χ3v) is 5.42. The number of ether oxygens (including phenoxy) is 1. The zero-order chi connectivity index (χ0) is 21.8. The molecule has 2 aromatic heterocycles. The fraction of sp³-hybridized carbons (Fsp3) is 0.136. The number of nitrogens with one attached hydrogen (secondary N) is 1. The lowest BCUT2D eigenvalue weighted by molar-refractivity contribution is 0.101. The lowest BCUT2D eigenvalue weighted by atomic mass is 10.1. The van der Waals surface area contributed by atoms with Crippen molar-refractivity contribution in [3.05, 3.63) is 93.9 Å². The molecule has 0 spiro atoms. The normalized spacial score (nSPS) is 10.8. The predicted octanol–water partition coefficient (Wildman–Crippen LogP) is 5.03. The predicted molar refractivity (Wildman–Crippen MR) is 120 cm³/mol. The third-order valence-electron chi connectivity index (χ3n) is 4.62. The number of amides is 1. The maximum atomic E-state index is 12.5. The molecule has 0 atom stereocenters. The molecule has 31 heavy (non-hydrogen) atoms. The van der Waals surface area contributed by atoms with E-state index in [2.05, 4.69) is 34.6 Å². The minimum absolute atomic E-state index is 0.0817. The van der Waals surface area contributed by atoms with Crippen LogP contribution in [0.5, 0.6) is 5.75 Å². The molecule has 158 valence electrons. The van der Waals surface area contributed by atoms with E-state index >= 15 is 0 Å². The number of halogens is 2. The number of aromatic nitrogens is 4. The van der Waals surface area contributed by atoms with Crippen LogP contribution in [0.25, 0.3) is 0 Å². The summed E-state index contributed by atoms with van der Waals surface area (Å²) in [6, 6.07) is 16.6. The van der Waals surface area contributed by atoms with Gasteiger partial charge in [-0.15, -0.1) is 0 Å². The van der Waals surface area contributed by atoms with Crippen LogP contribution in [-0.2, 0) is 13.3 Å². The van der Waals surface area contributed by atoms with Gasteiger partial charge in [0.1, 0.15) is 10.8 Å². The largest absolute Gasteiger partial charge is 0.470 e. The van der Waals surface area contributed by atoms with Crippen LogP contribution in [0.2, 0.25) is 10.0 Å². The summed E-state index contributed by atoms with van der Waals surface area (Å²) in [4.78, 5) is 12.5. The Hall–Kier alpha value is -3.29. The summed E-state index contributed by atoms with van der Waals surface area (Å²) >= 11 is 12.1. The Kier molecular flexibility index (Phi) is 6.25.